The van der Waals surface area contributed by atoms with Gasteiger partial charge in [-0.25, -0.2) is 17.8 Å². The van der Waals surface area contributed by atoms with Crippen molar-refractivity contribution in [1.82, 2.24) is 9.29 Å². The molecule has 0 aliphatic rings. The van der Waals surface area contributed by atoms with Crippen LogP contribution >= 0.6 is 11.3 Å². The molecule has 1 aromatic carbocycles. The van der Waals surface area contributed by atoms with E-state index in [1.54, 1.807) is 6.92 Å². The van der Waals surface area contributed by atoms with Gasteiger partial charge in [0.1, 0.15) is 5.82 Å². The predicted octanol–water partition coefficient (Wildman–Crippen LogP) is 3.59. The lowest BCUT2D eigenvalue weighted by atomic mass is 10.2. The molecule has 0 bridgehead atoms. The van der Waals surface area contributed by atoms with E-state index in [9.17, 15) is 12.8 Å². The summed E-state index contributed by atoms with van der Waals surface area (Å²) in [6.45, 7) is 7.23. The third kappa shape index (κ3) is 3.21. The molecule has 0 saturated carbocycles. The summed E-state index contributed by atoms with van der Waals surface area (Å²) in [6.07, 6.45) is 0. The number of thiazole rings is 1. The topological polar surface area (TPSA) is 50.3 Å². The van der Waals surface area contributed by atoms with Gasteiger partial charge >= 0.3 is 0 Å². The molecule has 1 aromatic heterocycles. The Morgan fingerprint density at radius 1 is 1.23 bits per heavy atom. The number of benzene rings is 1. The van der Waals surface area contributed by atoms with E-state index in [2.05, 4.69) is 4.98 Å². The van der Waals surface area contributed by atoms with Gasteiger partial charge in [-0.05, 0) is 51.5 Å². The highest BCUT2D eigenvalue weighted by Gasteiger charge is 2.29. The van der Waals surface area contributed by atoms with E-state index in [1.807, 2.05) is 20.8 Å². The summed E-state index contributed by atoms with van der Waals surface area (Å²) in [7, 11) is -2.26. The number of hydrogen-bond donors (Lipinski definition) is 0. The van der Waals surface area contributed by atoms with Crippen LogP contribution in [0.4, 0.5) is 4.39 Å². The number of rotatable bonds is 4. The van der Waals surface area contributed by atoms with Crippen LogP contribution in [0.2, 0.25) is 0 Å². The molecule has 0 fully saturated rings. The molecule has 0 N–H and O–H groups in total. The minimum atomic E-state index is -3.77. The van der Waals surface area contributed by atoms with E-state index in [1.165, 1.54) is 34.8 Å². The molecular weight excluding hydrogens is 323 g/mol. The van der Waals surface area contributed by atoms with Gasteiger partial charge in [0.25, 0.3) is 0 Å². The minimum absolute atomic E-state index is 0.0294. The highest BCUT2D eigenvalue weighted by Crippen LogP contribution is 2.32. The zero-order valence-electron chi connectivity index (χ0n) is 13.2. The number of hydrogen-bond acceptors (Lipinski definition) is 4. The van der Waals surface area contributed by atoms with Crippen molar-refractivity contribution < 1.29 is 12.8 Å². The third-order valence-corrected chi connectivity index (χ3v) is 6.71. The van der Waals surface area contributed by atoms with Gasteiger partial charge in [-0.3, -0.25) is 0 Å². The number of nitrogens with zero attached hydrogens (tertiary/aromatic N) is 2. The van der Waals surface area contributed by atoms with Crippen LogP contribution < -0.4 is 0 Å². The number of aryl methyl sites for hydroxylation is 3. The Morgan fingerprint density at radius 3 is 2.36 bits per heavy atom. The minimum Gasteiger partial charge on any atom is -0.247 e. The molecule has 1 heterocycles. The molecule has 2 aromatic rings. The van der Waals surface area contributed by atoms with Crippen molar-refractivity contribution in [3.05, 3.63) is 45.2 Å². The first-order valence-electron chi connectivity index (χ1n) is 6.82. The van der Waals surface area contributed by atoms with E-state index in [0.717, 1.165) is 21.6 Å². The van der Waals surface area contributed by atoms with Crippen LogP contribution in [-0.4, -0.2) is 24.8 Å². The first-order chi connectivity index (χ1) is 10.1. The van der Waals surface area contributed by atoms with Crippen LogP contribution in [0.5, 0.6) is 0 Å². The monoisotopic (exact) mass is 342 g/mol. The molecule has 0 radical (unpaired) electrons. The summed E-state index contributed by atoms with van der Waals surface area (Å²) >= 11 is 1.48. The van der Waals surface area contributed by atoms with E-state index >= 15 is 0 Å². The van der Waals surface area contributed by atoms with Gasteiger partial charge in [0.2, 0.25) is 10.0 Å². The van der Waals surface area contributed by atoms with Crippen molar-refractivity contribution in [3.63, 3.8) is 0 Å². The molecule has 120 valence electrons. The van der Waals surface area contributed by atoms with Gasteiger partial charge in [0.15, 0.2) is 0 Å². The van der Waals surface area contributed by atoms with Gasteiger partial charge in [-0.15, -0.1) is 11.3 Å². The van der Waals surface area contributed by atoms with Crippen LogP contribution in [0.3, 0.4) is 0 Å². The van der Waals surface area contributed by atoms with E-state index in [4.69, 9.17) is 0 Å². The normalized spacial score (nSPS) is 13.6. The molecule has 2 rings (SSSR count). The summed E-state index contributed by atoms with van der Waals surface area (Å²) in [6, 6.07) is 3.47. The average Bonchev–Trinajstić information content (AvgIpc) is 2.74. The van der Waals surface area contributed by atoms with Crippen LogP contribution in [0.1, 0.15) is 34.1 Å². The molecule has 1 unspecified atom stereocenters. The fourth-order valence-corrected chi connectivity index (χ4v) is 4.87. The second-order valence-corrected chi connectivity index (χ2v) is 8.58. The van der Waals surface area contributed by atoms with Gasteiger partial charge in [0.05, 0.1) is 21.6 Å². The van der Waals surface area contributed by atoms with E-state index < -0.39 is 15.8 Å². The largest absolute Gasteiger partial charge is 0.247 e. The maximum absolute atomic E-state index is 13.5. The lowest BCUT2D eigenvalue weighted by Crippen LogP contribution is -2.30. The second kappa shape index (κ2) is 6.06. The van der Waals surface area contributed by atoms with Gasteiger partial charge in [0, 0.05) is 11.9 Å². The Balaban J connectivity index is 2.42. The van der Waals surface area contributed by atoms with Crippen LogP contribution in [0.25, 0.3) is 0 Å². The maximum atomic E-state index is 13.5. The summed E-state index contributed by atoms with van der Waals surface area (Å²) in [4.78, 5) is 5.20. The van der Waals surface area contributed by atoms with Gasteiger partial charge in [-0.2, -0.15) is 4.31 Å². The highest BCUT2D eigenvalue weighted by atomic mass is 32.2. The molecule has 0 saturated heterocycles. The Hall–Kier alpha value is -1.31. The number of aromatic nitrogens is 1. The van der Waals surface area contributed by atoms with E-state index in [0.29, 0.717) is 5.56 Å². The fraction of sp³-hybridized carbons (Fsp3) is 0.400. The van der Waals surface area contributed by atoms with Crippen molar-refractivity contribution in [3.8, 4) is 0 Å². The van der Waals surface area contributed by atoms with Gasteiger partial charge < -0.3 is 0 Å². The zero-order chi connectivity index (χ0) is 16.7. The smallest absolute Gasteiger partial charge is 0.243 e. The predicted molar refractivity (Wildman–Crippen MR) is 86.1 cm³/mol. The third-order valence-electron chi connectivity index (χ3n) is 3.56. The molecule has 0 aliphatic carbocycles. The Kier molecular flexibility index (Phi) is 4.70. The first kappa shape index (κ1) is 17.1. The second-order valence-electron chi connectivity index (χ2n) is 5.34. The van der Waals surface area contributed by atoms with Crippen molar-refractivity contribution in [1.29, 1.82) is 0 Å². The lowest BCUT2D eigenvalue weighted by Gasteiger charge is -2.24. The number of sulfonamides is 1. The quantitative estimate of drug-likeness (QED) is 0.853. The molecule has 22 heavy (non-hydrogen) atoms. The highest BCUT2D eigenvalue weighted by molar-refractivity contribution is 7.89. The van der Waals surface area contributed by atoms with E-state index in [-0.39, 0.29) is 10.9 Å². The SMILES string of the molecule is Cc1cc(F)cc(S(=O)(=O)N(C)C(C)c2sc(C)nc2C)c1. The molecule has 1 atom stereocenters. The fourth-order valence-electron chi connectivity index (χ4n) is 2.33. The molecule has 0 aliphatic heterocycles. The number of halogens is 1. The molecule has 0 spiro atoms. The van der Waals surface area contributed by atoms with Gasteiger partial charge in [-0.1, -0.05) is 0 Å². The van der Waals surface area contributed by atoms with Crippen molar-refractivity contribution in [2.45, 2.75) is 38.6 Å². The van der Waals surface area contributed by atoms with Crippen molar-refractivity contribution in [2.24, 2.45) is 0 Å². The standard InChI is InChI=1S/C15H19FN2O2S2/c1-9-6-13(16)8-14(7-9)22(19,20)18(5)11(3)15-10(2)17-12(4)21-15/h6-8,11H,1-5H3. The summed E-state index contributed by atoms with van der Waals surface area (Å²) in [5, 5.41) is 0.895. The Bertz CT molecular complexity index is 780. The molecule has 4 nitrogen and oxygen atoms in total. The van der Waals surface area contributed by atoms with Crippen molar-refractivity contribution in [2.75, 3.05) is 7.05 Å². The van der Waals surface area contributed by atoms with Crippen LogP contribution in [0.15, 0.2) is 23.1 Å². The molecular formula is C15H19FN2O2S2. The first-order valence-corrected chi connectivity index (χ1v) is 9.07. The molecule has 7 heteroatoms. The Morgan fingerprint density at radius 2 is 1.86 bits per heavy atom. The summed E-state index contributed by atoms with van der Waals surface area (Å²) in [5.74, 6) is -0.551. The van der Waals surface area contributed by atoms with Crippen molar-refractivity contribution >= 4 is 21.4 Å². The maximum Gasteiger partial charge on any atom is 0.243 e. The van der Waals surface area contributed by atoms with Crippen LogP contribution in [-0.2, 0) is 10.0 Å². The average molecular weight is 342 g/mol. The summed E-state index contributed by atoms with van der Waals surface area (Å²) < 4.78 is 40.2. The summed E-state index contributed by atoms with van der Waals surface area (Å²) in [5.41, 5.74) is 1.40. The van der Waals surface area contributed by atoms with Crippen LogP contribution in [0, 0.1) is 26.6 Å². The lowest BCUT2D eigenvalue weighted by molar-refractivity contribution is 0.401. The molecule has 0 amide bonds. The zero-order valence-corrected chi connectivity index (χ0v) is 14.8. The Labute approximate surface area is 134 Å².